The van der Waals surface area contributed by atoms with Gasteiger partial charge in [-0.25, -0.2) is 0 Å². The van der Waals surface area contributed by atoms with Crippen molar-refractivity contribution in [3.05, 3.63) is 101 Å². The molecule has 0 spiro atoms. The molecule has 31 heavy (non-hydrogen) atoms. The summed E-state index contributed by atoms with van der Waals surface area (Å²) in [6.07, 6.45) is 7.25. The SMILES string of the molecule is C=C(c1ccc(CN2C(=O)C=CC2=O)cc1)c1cc2c(cc1C)C(C)(C)C=CC2(C)C. The summed E-state index contributed by atoms with van der Waals surface area (Å²) in [4.78, 5) is 24.8. The van der Waals surface area contributed by atoms with Gasteiger partial charge in [-0.05, 0) is 51.9 Å². The predicted molar refractivity (Wildman–Crippen MR) is 126 cm³/mol. The van der Waals surface area contributed by atoms with E-state index in [1.165, 1.54) is 33.7 Å². The van der Waals surface area contributed by atoms with E-state index in [4.69, 9.17) is 0 Å². The molecule has 2 aromatic rings. The molecule has 2 aliphatic rings. The second-order valence-corrected chi connectivity index (χ2v) is 9.76. The van der Waals surface area contributed by atoms with Crippen LogP contribution in [0.2, 0.25) is 0 Å². The van der Waals surface area contributed by atoms with E-state index in [1.54, 1.807) is 0 Å². The highest BCUT2D eigenvalue weighted by molar-refractivity contribution is 6.12. The Kier molecular flexibility index (Phi) is 4.88. The lowest BCUT2D eigenvalue weighted by atomic mass is 9.67. The van der Waals surface area contributed by atoms with Gasteiger partial charge in [0.15, 0.2) is 0 Å². The number of allylic oxidation sites excluding steroid dienone is 2. The minimum absolute atomic E-state index is 0.0103. The molecule has 0 saturated carbocycles. The highest BCUT2D eigenvalue weighted by atomic mass is 16.2. The summed E-state index contributed by atoms with van der Waals surface area (Å²) in [5.41, 5.74) is 7.99. The van der Waals surface area contributed by atoms with Gasteiger partial charge >= 0.3 is 0 Å². The first-order valence-electron chi connectivity index (χ1n) is 10.7. The zero-order valence-corrected chi connectivity index (χ0v) is 19.0. The molecular formula is C28H29NO2. The first-order chi connectivity index (χ1) is 14.5. The second kappa shape index (κ2) is 7.19. The molecule has 0 atom stereocenters. The van der Waals surface area contributed by atoms with Crippen LogP contribution in [0.15, 0.2) is 67.3 Å². The minimum Gasteiger partial charge on any atom is -0.271 e. The normalized spacial score (nSPS) is 18.4. The van der Waals surface area contributed by atoms with Crippen LogP contribution >= 0.6 is 0 Å². The number of rotatable bonds is 4. The van der Waals surface area contributed by atoms with Crippen LogP contribution < -0.4 is 0 Å². The summed E-state index contributed by atoms with van der Waals surface area (Å²) in [5.74, 6) is -0.523. The smallest absolute Gasteiger partial charge is 0.253 e. The molecule has 1 aliphatic heterocycles. The van der Waals surface area contributed by atoms with Crippen molar-refractivity contribution in [3.8, 4) is 0 Å². The standard InChI is InChI=1S/C28H29NO2/c1-18-15-23-24(28(5,6)14-13-27(23,3)4)16-22(18)19(2)21-9-7-20(8-10-21)17-29-25(30)11-12-26(29)31/h7-16H,2,17H2,1,3-6H3. The van der Waals surface area contributed by atoms with Gasteiger partial charge in [-0.3, -0.25) is 14.5 Å². The Hall–Kier alpha value is -3.20. The zero-order chi connectivity index (χ0) is 22.6. The molecule has 0 saturated heterocycles. The average Bonchev–Trinajstić information content (AvgIpc) is 3.03. The lowest BCUT2D eigenvalue weighted by molar-refractivity contribution is -0.137. The molecule has 4 rings (SSSR count). The van der Waals surface area contributed by atoms with E-state index in [2.05, 4.69) is 65.5 Å². The van der Waals surface area contributed by atoms with Crippen molar-refractivity contribution >= 4 is 17.4 Å². The van der Waals surface area contributed by atoms with Crippen molar-refractivity contribution < 1.29 is 9.59 Å². The molecule has 0 aromatic heterocycles. The fourth-order valence-corrected chi connectivity index (χ4v) is 4.43. The molecule has 0 unspecified atom stereocenters. The fourth-order valence-electron chi connectivity index (χ4n) is 4.43. The van der Waals surface area contributed by atoms with Crippen LogP contribution in [0.3, 0.4) is 0 Å². The lowest BCUT2D eigenvalue weighted by Crippen LogP contribution is -2.29. The number of nitrogens with zero attached hydrogens (tertiary/aromatic N) is 1. The van der Waals surface area contributed by atoms with Crippen molar-refractivity contribution in [2.45, 2.75) is 52.0 Å². The number of amides is 2. The molecule has 0 bridgehead atoms. The summed E-state index contributed by atoms with van der Waals surface area (Å²) in [5, 5.41) is 0. The van der Waals surface area contributed by atoms with E-state index in [-0.39, 0.29) is 29.2 Å². The van der Waals surface area contributed by atoms with Crippen molar-refractivity contribution in [3.63, 3.8) is 0 Å². The third-order valence-electron chi connectivity index (χ3n) is 6.54. The van der Waals surface area contributed by atoms with E-state index in [9.17, 15) is 9.59 Å². The van der Waals surface area contributed by atoms with Gasteiger partial charge in [-0.15, -0.1) is 0 Å². The van der Waals surface area contributed by atoms with Crippen molar-refractivity contribution in [2.75, 3.05) is 0 Å². The van der Waals surface area contributed by atoms with Gasteiger partial charge in [-0.1, -0.05) is 76.8 Å². The van der Waals surface area contributed by atoms with Crippen LogP contribution in [-0.4, -0.2) is 16.7 Å². The molecular weight excluding hydrogens is 382 g/mol. The number of hydrogen-bond acceptors (Lipinski definition) is 2. The van der Waals surface area contributed by atoms with E-state index in [1.807, 2.05) is 24.3 Å². The van der Waals surface area contributed by atoms with Crippen LogP contribution in [0.1, 0.15) is 61.1 Å². The van der Waals surface area contributed by atoms with Crippen molar-refractivity contribution in [2.24, 2.45) is 0 Å². The maximum Gasteiger partial charge on any atom is 0.253 e. The highest BCUT2D eigenvalue weighted by Crippen LogP contribution is 2.43. The summed E-state index contributed by atoms with van der Waals surface area (Å²) >= 11 is 0. The Bertz CT molecular complexity index is 1140. The van der Waals surface area contributed by atoms with Gasteiger partial charge in [-0.2, -0.15) is 0 Å². The van der Waals surface area contributed by atoms with Gasteiger partial charge in [0.25, 0.3) is 11.8 Å². The van der Waals surface area contributed by atoms with Crippen LogP contribution in [0.25, 0.3) is 5.57 Å². The molecule has 158 valence electrons. The van der Waals surface area contributed by atoms with Gasteiger partial charge in [0.2, 0.25) is 0 Å². The third kappa shape index (κ3) is 3.69. The minimum atomic E-state index is -0.261. The largest absolute Gasteiger partial charge is 0.271 e. The first kappa shape index (κ1) is 21.0. The molecule has 2 aromatic carbocycles. The Morgan fingerprint density at radius 1 is 0.871 bits per heavy atom. The van der Waals surface area contributed by atoms with E-state index < -0.39 is 0 Å². The lowest BCUT2D eigenvalue weighted by Gasteiger charge is -2.37. The van der Waals surface area contributed by atoms with Gasteiger partial charge < -0.3 is 0 Å². The van der Waals surface area contributed by atoms with E-state index in [0.29, 0.717) is 0 Å². The van der Waals surface area contributed by atoms with Crippen LogP contribution in [-0.2, 0) is 27.0 Å². The first-order valence-corrected chi connectivity index (χ1v) is 10.7. The molecule has 3 heteroatoms. The quantitative estimate of drug-likeness (QED) is 0.485. The number of hydrogen-bond donors (Lipinski definition) is 0. The third-order valence-corrected chi connectivity index (χ3v) is 6.54. The molecule has 0 N–H and O–H groups in total. The fraction of sp³-hybridized carbons (Fsp3) is 0.286. The van der Waals surface area contributed by atoms with Gasteiger partial charge in [0.05, 0.1) is 6.54 Å². The maximum atomic E-state index is 11.8. The molecule has 2 amide bonds. The number of carbonyl (C=O) groups is 2. The number of fused-ring (bicyclic) bond motifs is 1. The topological polar surface area (TPSA) is 37.4 Å². The van der Waals surface area contributed by atoms with Crippen LogP contribution in [0.5, 0.6) is 0 Å². The van der Waals surface area contributed by atoms with Crippen molar-refractivity contribution in [1.29, 1.82) is 0 Å². The Labute approximate surface area is 184 Å². The zero-order valence-electron chi connectivity index (χ0n) is 19.0. The molecule has 1 heterocycles. The maximum absolute atomic E-state index is 11.8. The molecule has 3 nitrogen and oxygen atoms in total. The number of carbonyl (C=O) groups excluding carboxylic acids is 2. The van der Waals surface area contributed by atoms with Crippen LogP contribution in [0, 0.1) is 6.92 Å². The Morgan fingerprint density at radius 3 is 1.94 bits per heavy atom. The van der Waals surface area contributed by atoms with Gasteiger partial charge in [0, 0.05) is 23.0 Å². The second-order valence-electron chi connectivity index (χ2n) is 9.76. The summed E-state index contributed by atoms with van der Waals surface area (Å²) in [7, 11) is 0. The predicted octanol–water partition coefficient (Wildman–Crippen LogP) is 5.61. The molecule has 1 aliphatic carbocycles. The summed E-state index contributed by atoms with van der Waals surface area (Å²) < 4.78 is 0. The summed E-state index contributed by atoms with van der Waals surface area (Å²) in [6, 6.07) is 12.6. The summed E-state index contributed by atoms with van der Waals surface area (Å²) in [6.45, 7) is 15.9. The van der Waals surface area contributed by atoms with Crippen LogP contribution in [0.4, 0.5) is 0 Å². The van der Waals surface area contributed by atoms with E-state index >= 15 is 0 Å². The monoisotopic (exact) mass is 411 g/mol. The number of benzene rings is 2. The van der Waals surface area contributed by atoms with Gasteiger partial charge in [0.1, 0.15) is 0 Å². The molecule has 0 fully saturated rings. The highest BCUT2D eigenvalue weighted by Gasteiger charge is 2.33. The van der Waals surface area contributed by atoms with E-state index in [0.717, 1.165) is 22.3 Å². The average molecular weight is 412 g/mol. The van der Waals surface area contributed by atoms with Crippen molar-refractivity contribution in [1.82, 2.24) is 4.90 Å². The Morgan fingerprint density at radius 2 is 1.39 bits per heavy atom. The Balaban J connectivity index is 1.63. The number of aryl methyl sites for hydroxylation is 1. The number of imide groups is 1. The molecule has 0 radical (unpaired) electrons.